The van der Waals surface area contributed by atoms with E-state index in [1.807, 2.05) is 0 Å². The molecule has 2 rings (SSSR count). The molecule has 2 saturated heterocycles. The van der Waals surface area contributed by atoms with Crippen LogP contribution in [-0.2, 0) is 9.53 Å². The smallest absolute Gasteiger partial charge is 0.249 e. The Hall–Kier alpha value is -0.650. The second kappa shape index (κ2) is 6.93. The van der Waals surface area contributed by atoms with E-state index in [2.05, 4.69) is 15.5 Å². The zero-order valence-electron chi connectivity index (χ0n) is 10.4. The number of piperazine rings is 1. The highest BCUT2D eigenvalue weighted by Crippen LogP contribution is 2.11. The van der Waals surface area contributed by atoms with Crippen LogP contribution in [0.3, 0.4) is 0 Å². The van der Waals surface area contributed by atoms with E-state index in [4.69, 9.17) is 4.74 Å². The third-order valence-electron chi connectivity index (χ3n) is 3.38. The lowest BCUT2D eigenvalue weighted by atomic mass is 10.2. The van der Waals surface area contributed by atoms with Crippen molar-refractivity contribution in [2.75, 3.05) is 45.9 Å². The van der Waals surface area contributed by atoms with E-state index < -0.39 is 0 Å². The van der Waals surface area contributed by atoms with Crippen molar-refractivity contribution in [3.8, 4) is 0 Å². The van der Waals surface area contributed by atoms with Crippen molar-refractivity contribution in [2.24, 2.45) is 0 Å². The van der Waals surface area contributed by atoms with Gasteiger partial charge in [-0.3, -0.25) is 4.79 Å². The number of nitrogens with one attached hydrogen (secondary N) is 2. The first-order chi connectivity index (χ1) is 8.36. The van der Waals surface area contributed by atoms with E-state index in [-0.39, 0.29) is 12.0 Å². The summed E-state index contributed by atoms with van der Waals surface area (Å²) in [7, 11) is 0. The average molecular weight is 241 g/mol. The Morgan fingerprint density at radius 2 is 2.24 bits per heavy atom. The Labute approximate surface area is 103 Å². The van der Waals surface area contributed by atoms with Crippen molar-refractivity contribution >= 4 is 5.91 Å². The summed E-state index contributed by atoms with van der Waals surface area (Å²) < 4.78 is 5.33. The molecule has 0 bridgehead atoms. The fraction of sp³-hybridized carbons (Fsp3) is 0.917. The van der Waals surface area contributed by atoms with Gasteiger partial charge in [-0.1, -0.05) is 0 Å². The van der Waals surface area contributed by atoms with E-state index >= 15 is 0 Å². The highest BCUT2D eigenvalue weighted by atomic mass is 16.5. The highest BCUT2D eigenvalue weighted by molar-refractivity contribution is 5.80. The number of amides is 1. The Bertz CT molecular complexity index is 236. The molecule has 2 heterocycles. The van der Waals surface area contributed by atoms with Gasteiger partial charge in [-0.2, -0.15) is 0 Å². The summed E-state index contributed by atoms with van der Waals surface area (Å²) in [6.45, 7) is 7.00. The largest absolute Gasteiger partial charge is 0.368 e. The van der Waals surface area contributed by atoms with Crippen LogP contribution < -0.4 is 10.6 Å². The Kier molecular flexibility index (Phi) is 5.22. The molecule has 1 atom stereocenters. The van der Waals surface area contributed by atoms with Crippen LogP contribution in [0.2, 0.25) is 0 Å². The third kappa shape index (κ3) is 4.26. The summed E-state index contributed by atoms with van der Waals surface area (Å²) in [4.78, 5) is 14.1. The first-order valence-electron chi connectivity index (χ1n) is 6.68. The van der Waals surface area contributed by atoms with Crippen LogP contribution in [0.5, 0.6) is 0 Å². The van der Waals surface area contributed by atoms with Crippen molar-refractivity contribution in [2.45, 2.75) is 25.4 Å². The summed E-state index contributed by atoms with van der Waals surface area (Å²) in [6.07, 6.45) is 2.73. The van der Waals surface area contributed by atoms with E-state index in [9.17, 15) is 4.79 Å². The summed E-state index contributed by atoms with van der Waals surface area (Å²) in [5.74, 6) is 0.0720. The maximum Gasteiger partial charge on any atom is 0.249 e. The lowest BCUT2D eigenvalue weighted by molar-refractivity contribution is -0.130. The summed E-state index contributed by atoms with van der Waals surface area (Å²) in [5, 5.41) is 6.29. The fourth-order valence-electron chi connectivity index (χ4n) is 2.35. The molecule has 2 N–H and O–H groups in total. The van der Waals surface area contributed by atoms with Gasteiger partial charge in [-0.15, -0.1) is 0 Å². The number of carbonyl (C=O) groups excluding carboxylic acids is 1. The maximum absolute atomic E-state index is 11.6. The molecular formula is C12H23N3O2. The zero-order chi connectivity index (χ0) is 11.9. The summed E-state index contributed by atoms with van der Waals surface area (Å²) in [6, 6.07) is 0. The first kappa shape index (κ1) is 12.8. The minimum absolute atomic E-state index is 0.0720. The second-order valence-electron chi connectivity index (χ2n) is 4.74. The van der Waals surface area contributed by atoms with Crippen molar-refractivity contribution in [3.63, 3.8) is 0 Å². The number of ether oxygens (including phenoxy) is 1. The minimum atomic E-state index is -0.186. The highest BCUT2D eigenvalue weighted by Gasteiger charge is 2.22. The van der Waals surface area contributed by atoms with E-state index in [1.54, 1.807) is 0 Å². The van der Waals surface area contributed by atoms with Gasteiger partial charge < -0.3 is 20.3 Å². The predicted octanol–water partition coefficient (Wildman–Crippen LogP) is -0.423. The number of rotatable bonds is 5. The average Bonchev–Trinajstić information content (AvgIpc) is 2.89. The molecule has 0 aliphatic carbocycles. The van der Waals surface area contributed by atoms with Crippen LogP contribution in [0.4, 0.5) is 0 Å². The molecule has 2 fully saturated rings. The molecule has 2 aliphatic rings. The van der Waals surface area contributed by atoms with Crippen LogP contribution in [0.25, 0.3) is 0 Å². The molecule has 2 aliphatic heterocycles. The molecule has 0 aromatic rings. The van der Waals surface area contributed by atoms with Gasteiger partial charge in [0.1, 0.15) is 6.10 Å². The fourth-order valence-corrected chi connectivity index (χ4v) is 2.35. The van der Waals surface area contributed by atoms with Crippen LogP contribution >= 0.6 is 0 Å². The lowest BCUT2D eigenvalue weighted by Crippen LogP contribution is -2.44. The van der Waals surface area contributed by atoms with Crippen LogP contribution in [-0.4, -0.2) is 62.8 Å². The first-order valence-corrected chi connectivity index (χ1v) is 6.68. The molecule has 0 aromatic carbocycles. The number of nitrogens with zero attached hydrogens (tertiary/aromatic N) is 1. The van der Waals surface area contributed by atoms with Gasteiger partial charge in [0, 0.05) is 39.3 Å². The van der Waals surface area contributed by atoms with Gasteiger partial charge in [0.25, 0.3) is 0 Å². The van der Waals surface area contributed by atoms with Gasteiger partial charge in [0.15, 0.2) is 0 Å². The third-order valence-corrected chi connectivity index (χ3v) is 3.38. The van der Waals surface area contributed by atoms with Crippen molar-refractivity contribution in [3.05, 3.63) is 0 Å². The number of carbonyl (C=O) groups is 1. The summed E-state index contributed by atoms with van der Waals surface area (Å²) >= 11 is 0. The second-order valence-corrected chi connectivity index (χ2v) is 4.74. The molecule has 17 heavy (non-hydrogen) atoms. The van der Waals surface area contributed by atoms with Gasteiger partial charge in [0.2, 0.25) is 5.91 Å². The molecule has 0 unspecified atom stereocenters. The van der Waals surface area contributed by atoms with Crippen LogP contribution in [0, 0.1) is 0 Å². The lowest BCUT2D eigenvalue weighted by Gasteiger charge is -2.27. The monoisotopic (exact) mass is 241 g/mol. The zero-order valence-corrected chi connectivity index (χ0v) is 10.4. The maximum atomic E-state index is 11.6. The van der Waals surface area contributed by atoms with Crippen molar-refractivity contribution in [1.29, 1.82) is 0 Å². The van der Waals surface area contributed by atoms with E-state index in [0.29, 0.717) is 0 Å². The van der Waals surface area contributed by atoms with Crippen LogP contribution in [0.1, 0.15) is 19.3 Å². The molecule has 5 heteroatoms. The molecule has 0 aromatic heterocycles. The number of hydrogen-bond donors (Lipinski definition) is 2. The Morgan fingerprint density at radius 1 is 1.41 bits per heavy atom. The normalized spacial score (nSPS) is 26.0. The van der Waals surface area contributed by atoms with Crippen LogP contribution in [0.15, 0.2) is 0 Å². The Morgan fingerprint density at radius 3 is 2.94 bits per heavy atom. The Balaban J connectivity index is 1.51. The molecule has 1 amide bonds. The molecule has 98 valence electrons. The topological polar surface area (TPSA) is 53.6 Å². The van der Waals surface area contributed by atoms with Gasteiger partial charge in [-0.05, 0) is 25.8 Å². The van der Waals surface area contributed by atoms with Crippen molar-refractivity contribution < 1.29 is 9.53 Å². The van der Waals surface area contributed by atoms with Gasteiger partial charge in [0.05, 0.1) is 0 Å². The molecule has 0 spiro atoms. The number of hydrogen-bond acceptors (Lipinski definition) is 4. The SMILES string of the molecule is O=C(NCCCN1CCNCC1)[C@H]1CCCO1. The molecule has 5 nitrogen and oxygen atoms in total. The van der Waals surface area contributed by atoms with Crippen molar-refractivity contribution in [1.82, 2.24) is 15.5 Å². The van der Waals surface area contributed by atoms with Gasteiger partial charge >= 0.3 is 0 Å². The molecular weight excluding hydrogens is 218 g/mol. The minimum Gasteiger partial charge on any atom is -0.368 e. The standard InChI is InChI=1S/C12H23N3O2/c16-12(11-3-1-10-17-11)14-4-2-7-15-8-5-13-6-9-15/h11,13H,1-10H2,(H,14,16)/t11-/m1/s1. The van der Waals surface area contributed by atoms with E-state index in [1.165, 1.54) is 0 Å². The predicted molar refractivity (Wildman–Crippen MR) is 65.9 cm³/mol. The molecule has 0 saturated carbocycles. The van der Waals surface area contributed by atoms with E-state index in [0.717, 1.165) is 65.1 Å². The molecule has 0 radical (unpaired) electrons. The van der Waals surface area contributed by atoms with Gasteiger partial charge in [-0.25, -0.2) is 0 Å². The summed E-state index contributed by atoms with van der Waals surface area (Å²) in [5.41, 5.74) is 0. The quantitative estimate of drug-likeness (QED) is 0.642.